The number of rotatable bonds is 6. The topological polar surface area (TPSA) is 97.8 Å². The largest absolute Gasteiger partial charge is 0.495 e. The summed E-state index contributed by atoms with van der Waals surface area (Å²) in [6.07, 6.45) is 1.10. The molecule has 1 aliphatic rings. The van der Waals surface area contributed by atoms with Gasteiger partial charge in [-0.15, -0.1) is 11.3 Å². The number of aromatic nitrogens is 1. The molecule has 3 heterocycles. The molecule has 1 amide bonds. The minimum absolute atomic E-state index is 0.242. The number of carbonyl (C=O) groups is 1. The summed E-state index contributed by atoms with van der Waals surface area (Å²) in [7, 11) is -0.587. The first-order valence-corrected chi connectivity index (χ1v) is 12.0. The van der Waals surface area contributed by atoms with Gasteiger partial charge in [0.15, 0.2) is 5.13 Å². The molecule has 0 unspecified atom stereocenters. The van der Waals surface area contributed by atoms with Crippen LogP contribution in [0.25, 0.3) is 10.2 Å². The first-order valence-electron chi connectivity index (χ1n) is 8.83. The Kier molecular flexibility index (Phi) is 5.47. The first kappa shape index (κ1) is 20.1. The molecule has 0 saturated carbocycles. The van der Waals surface area contributed by atoms with Crippen LogP contribution in [0.2, 0.25) is 0 Å². The van der Waals surface area contributed by atoms with E-state index in [4.69, 9.17) is 9.47 Å². The lowest BCUT2D eigenvalue weighted by molar-refractivity contribution is -0.119. The Morgan fingerprint density at radius 2 is 2.00 bits per heavy atom. The maximum Gasteiger partial charge on any atom is 0.253 e. The number of methoxy groups -OCH3 is 2. The Bertz CT molecular complexity index is 1100. The fraction of sp³-hybridized carbons (Fsp3) is 0.333. The minimum Gasteiger partial charge on any atom is -0.495 e. The number of thiazole rings is 1. The van der Waals surface area contributed by atoms with Crippen LogP contribution >= 0.6 is 22.7 Å². The van der Waals surface area contributed by atoms with E-state index in [2.05, 4.69) is 10.3 Å². The van der Waals surface area contributed by atoms with Crippen LogP contribution in [-0.4, -0.2) is 50.4 Å². The summed E-state index contributed by atoms with van der Waals surface area (Å²) in [5, 5.41) is 4.85. The molecule has 11 heteroatoms. The predicted octanol–water partition coefficient (Wildman–Crippen LogP) is 3.17. The lowest BCUT2D eigenvalue weighted by Gasteiger charge is -2.22. The van der Waals surface area contributed by atoms with Crippen molar-refractivity contribution >= 4 is 54.0 Å². The standard InChI is InChI=1S/C18H19N3O5S3/c1-25-12-7-8-13(26-2)16-15(12)19-18(28-16)20-17(22)11-5-3-9-21(11)29(23,24)14-6-4-10-27-14/h4,6-8,10-11H,3,5,9H2,1-2H3,(H,19,20,22)/t11-/m0/s1. The Labute approximate surface area is 176 Å². The van der Waals surface area contributed by atoms with Crippen molar-refractivity contribution in [2.75, 3.05) is 26.1 Å². The van der Waals surface area contributed by atoms with E-state index in [9.17, 15) is 13.2 Å². The summed E-state index contributed by atoms with van der Waals surface area (Å²) in [6.45, 7) is 0.319. The number of nitrogens with zero attached hydrogens (tertiary/aromatic N) is 2. The summed E-state index contributed by atoms with van der Waals surface area (Å²) >= 11 is 2.40. The Hall–Kier alpha value is -2.21. The average Bonchev–Trinajstić information content (AvgIpc) is 3.47. The first-order chi connectivity index (χ1) is 14.0. The molecule has 1 N–H and O–H groups in total. The van der Waals surface area contributed by atoms with Crippen molar-refractivity contribution in [3.63, 3.8) is 0 Å². The third-order valence-electron chi connectivity index (χ3n) is 4.70. The third-order valence-corrected chi connectivity index (χ3v) is 8.97. The Morgan fingerprint density at radius 3 is 2.69 bits per heavy atom. The normalized spacial score (nSPS) is 17.5. The minimum atomic E-state index is -3.69. The second-order valence-corrected chi connectivity index (χ2v) is 10.4. The third kappa shape index (κ3) is 3.59. The van der Waals surface area contributed by atoms with Gasteiger partial charge in [0.1, 0.15) is 32.0 Å². The molecule has 0 bridgehead atoms. The summed E-state index contributed by atoms with van der Waals surface area (Å²) in [6, 6.07) is 6.00. The monoisotopic (exact) mass is 453 g/mol. The van der Waals surface area contributed by atoms with Crippen molar-refractivity contribution in [2.45, 2.75) is 23.1 Å². The van der Waals surface area contributed by atoms with Crippen LogP contribution in [0.15, 0.2) is 33.9 Å². The van der Waals surface area contributed by atoms with Crippen LogP contribution in [0.3, 0.4) is 0 Å². The molecular weight excluding hydrogens is 434 g/mol. The van der Waals surface area contributed by atoms with Crippen LogP contribution in [-0.2, 0) is 14.8 Å². The number of benzene rings is 1. The van der Waals surface area contributed by atoms with Crippen molar-refractivity contribution in [2.24, 2.45) is 0 Å². The van der Waals surface area contributed by atoms with Crippen molar-refractivity contribution in [1.82, 2.24) is 9.29 Å². The molecule has 8 nitrogen and oxygen atoms in total. The van der Waals surface area contributed by atoms with Crippen LogP contribution in [0, 0.1) is 0 Å². The molecule has 1 saturated heterocycles. The summed E-state index contributed by atoms with van der Waals surface area (Å²) < 4.78 is 38.7. The SMILES string of the molecule is COc1ccc(OC)c2sc(NC(=O)[C@@H]3CCCN3S(=O)(=O)c3cccs3)nc12. The van der Waals surface area contributed by atoms with Gasteiger partial charge in [0.25, 0.3) is 10.0 Å². The highest BCUT2D eigenvalue weighted by molar-refractivity contribution is 7.91. The molecule has 1 aliphatic heterocycles. The van der Waals surface area contributed by atoms with E-state index in [0.717, 1.165) is 16.0 Å². The van der Waals surface area contributed by atoms with Crippen LogP contribution < -0.4 is 14.8 Å². The van der Waals surface area contributed by atoms with E-state index >= 15 is 0 Å². The molecule has 1 atom stereocenters. The number of hydrogen-bond acceptors (Lipinski definition) is 8. The van der Waals surface area contributed by atoms with Crippen molar-refractivity contribution in [3.8, 4) is 11.5 Å². The molecular formula is C18H19N3O5S3. The summed E-state index contributed by atoms with van der Waals surface area (Å²) in [5.74, 6) is 0.807. The summed E-state index contributed by atoms with van der Waals surface area (Å²) in [4.78, 5) is 17.4. The fourth-order valence-corrected chi connectivity index (χ4v) is 7.10. The number of fused-ring (bicyclic) bond motifs is 1. The second kappa shape index (κ2) is 7.90. The lowest BCUT2D eigenvalue weighted by atomic mass is 10.2. The molecule has 1 aromatic carbocycles. The predicted molar refractivity (Wildman–Crippen MR) is 113 cm³/mol. The van der Waals surface area contributed by atoms with Gasteiger partial charge in [-0.2, -0.15) is 4.31 Å². The highest BCUT2D eigenvalue weighted by atomic mass is 32.2. The van der Waals surface area contributed by atoms with Crippen molar-refractivity contribution in [3.05, 3.63) is 29.6 Å². The summed E-state index contributed by atoms with van der Waals surface area (Å²) in [5.41, 5.74) is 0.585. The van der Waals surface area contributed by atoms with Crippen LogP contribution in [0.1, 0.15) is 12.8 Å². The maximum absolute atomic E-state index is 12.9. The average molecular weight is 454 g/mol. The molecule has 0 aliphatic carbocycles. The quantitative estimate of drug-likeness (QED) is 0.616. The van der Waals surface area contributed by atoms with E-state index in [-0.39, 0.29) is 10.1 Å². The van der Waals surface area contributed by atoms with Gasteiger partial charge >= 0.3 is 0 Å². The van der Waals surface area contributed by atoms with Gasteiger partial charge in [-0.25, -0.2) is 13.4 Å². The van der Waals surface area contributed by atoms with Gasteiger partial charge in [-0.3, -0.25) is 4.79 Å². The van der Waals surface area contributed by atoms with E-state index in [0.29, 0.717) is 41.5 Å². The Morgan fingerprint density at radius 1 is 1.24 bits per heavy atom. The number of nitrogens with one attached hydrogen (secondary N) is 1. The molecule has 2 aromatic heterocycles. The molecule has 29 heavy (non-hydrogen) atoms. The second-order valence-electron chi connectivity index (χ2n) is 6.36. The zero-order valence-electron chi connectivity index (χ0n) is 15.7. The van der Waals surface area contributed by atoms with Crippen LogP contribution in [0.5, 0.6) is 11.5 Å². The van der Waals surface area contributed by atoms with E-state index in [1.54, 1.807) is 43.9 Å². The fourth-order valence-electron chi connectivity index (χ4n) is 3.34. The Balaban J connectivity index is 1.61. The van der Waals surface area contributed by atoms with E-state index in [1.165, 1.54) is 15.6 Å². The number of amides is 1. The maximum atomic E-state index is 12.9. The molecule has 0 spiro atoms. The highest BCUT2D eigenvalue weighted by Crippen LogP contribution is 2.39. The van der Waals surface area contributed by atoms with Gasteiger partial charge in [0.2, 0.25) is 5.91 Å². The number of hydrogen-bond donors (Lipinski definition) is 1. The molecule has 3 aromatic rings. The highest BCUT2D eigenvalue weighted by Gasteiger charge is 2.40. The van der Waals surface area contributed by atoms with Gasteiger partial charge in [0, 0.05) is 6.54 Å². The molecule has 4 rings (SSSR count). The molecule has 154 valence electrons. The zero-order valence-corrected chi connectivity index (χ0v) is 18.2. The van der Waals surface area contributed by atoms with Crippen molar-refractivity contribution in [1.29, 1.82) is 0 Å². The van der Waals surface area contributed by atoms with Gasteiger partial charge in [0.05, 0.1) is 14.2 Å². The molecule has 0 radical (unpaired) electrons. The van der Waals surface area contributed by atoms with Gasteiger partial charge < -0.3 is 14.8 Å². The number of sulfonamides is 1. The molecule has 1 fully saturated rings. The van der Waals surface area contributed by atoms with Gasteiger partial charge in [-0.05, 0) is 36.4 Å². The number of ether oxygens (including phenoxy) is 2. The van der Waals surface area contributed by atoms with E-state index < -0.39 is 16.1 Å². The van der Waals surface area contributed by atoms with Crippen LogP contribution in [0.4, 0.5) is 5.13 Å². The number of thiophene rings is 1. The smallest absolute Gasteiger partial charge is 0.253 e. The lowest BCUT2D eigenvalue weighted by Crippen LogP contribution is -2.42. The zero-order chi connectivity index (χ0) is 20.6. The number of carbonyl (C=O) groups excluding carboxylic acids is 1. The number of anilines is 1. The van der Waals surface area contributed by atoms with E-state index in [1.807, 2.05) is 0 Å². The van der Waals surface area contributed by atoms with Gasteiger partial charge in [-0.1, -0.05) is 17.4 Å². The van der Waals surface area contributed by atoms with Crippen molar-refractivity contribution < 1.29 is 22.7 Å².